The molecule has 1 aliphatic carbocycles. The summed E-state index contributed by atoms with van der Waals surface area (Å²) in [7, 11) is 0. The number of amides is 2. The first-order chi connectivity index (χ1) is 13.2. The predicted octanol–water partition coefficient (Wildman–Crippen LogP) is 2.88. The molecule has 0 saturated carbocycles. The van der Waals surface area contributed by atoms with Crippen LogP contribution in [0.2, 0.25) is 0 Å². The molecule has 2 amide bonds. The minimum Gasteiger partial charge on any atom is -0.336 e. The van der Waals surface area contributed by atoms with Crippen molar-refractivity contribution in [2.45, 2.75) is 38.6 Å². The number of nitriles is 1. The van der Waals surface area contributed by atoms with E-state index in [1.54, 1.807) is 11.1 Å². The van der Waals surface area contributed by atoms with Gasteiger partial charge in [0.15, 0.2) is 0 Å². The first-order valence-corrected chi connectivity index (χ1v) is 10.0. The Morgan fingerprint density at radius 1 is 1.37 bits per heavy atom. The second kappa shape index (κ2) is 7.49. The van der Waals surface area contributed by atoms with Gasteiger partial charge < -0.3 is 10.2 Å². The van der Waals surface area contributed by atoms with Crippen molar-refractivity contribution in [3.8, 4) is 6.07 Å². The Morgan fingerprint density at radius 2 is 2.22 bits per heavy atom. The first kappa shape index (κ1) is 17.7. The third kappa shape index (κ3) is 3.58. The summed E-state index contributed by atoms with van der Waals surface area (Å²) >= 11 is 1.51. The van der Waals surface area contributed by atoms with Crippen molar-refractivity contribution >= 4 is 28.2 Å². The number of hydrogen-bond donors (Lipinski definition) is 1. The van der Waals surface area contributed by atoms with Crippen molar-refractivity contribution in [3.63, 3.8) is 0 Å². The van der Waals surface area contributed by atoms with E-state index in [1.807, 2.05) is 18.2 Å². The van der Waals surface area contributed by atoms with Crippen molar-refractivity contribution in [3.05, 3.63) is 46.1 Å². The van der Waals surface area contributed by atoms with Gasteiger partial charge in [-0.15, -0.1) is 11.3 Å². The van der Waals surface area contributed by atoms with Gasteiger partial charge in [0.2, 0.25) is 11.8 Å². The summed E-state index contributed by atoms with van der Waals surface area (Å²) < 4.78 is 0. The number of thiophene rings is 1. The topological polar surface area (TPSA) is 86.1 Å². The van der Waals surface area contributed by atoms with Crippen LogP contribution < -0.4 is 5.32 Å². The molecule has 3 heterocycles. The quantitative estimate of drug-likeness (QED) is 0.884. The van der Waals surface area contributed by atoms with Crippen LogP contribution >= 0.6 is 11.3 Å². The van der Waals surface area contributed by atoms with Gasteiger partial charge in [0, 0.05) is 24.0 Å². The fourth-order valence-electron chi connectivity index (χ4n) is 3.77. The summed E-state index contributed by atoms with van der Waals surface area (Å²) in [5.74, 6) is -0.611. The highest BCUT2D eigenvalue weighted by atomic mass is 32.1. The Labute approximate surface area is 161 Å². The minimum absolute atomic E-state index is 0.0354. The highest BCUT2D eigenvalue weighted by Crippen LogP contribution is 2.38. The fraction of sp³-hybridized carbons (Fsp3) is 0.400. The van der Waals surface area contributed by atoms with Gasteiger partial charge in [-0.3, -0.25) is 14.6 Å². The normalized spacial score (nSPS) is 18.9. The number of nitrogens with one attached hydrogen (secondary N) is 1. The molecule has 7 heteroatoms. The third-order valence-electron chi connectivity index (χ3n) is 5.18. The van der Waals surface area contributed by atoms with Crippen molar-refractivity contribution in [1.29, 1.82) is 5.26 Å². The largest absolute Gasteiger partial charge is 0.336 e. The van der Waals surface area contributed by atoms with Crippen LogP contribution in [-0.2, 0) is 29.0 Å². The van der Waals surface area contributed by atoms with E-state index in [-0.39, 0.29) is 18.2 Å². The van der Waals surface area contributed by atoms with E-state index in [0.29, 0.717) is 23.7 Å². The van der Waals surface area contributed by atoms with Gasteiger partial charge in [-0.05, 0) is 43.4 Å². The van der Waals surface area contributed by atoms with E-state index < -0.39 is 5.92 Å². The molecule has 2 aliphatic rings. The summed E-state index contributed by atoms with van der Waals surface area (Å²) in [6.07, 6.45) is 6.00. The number of rotatable bonds is 4. The van der Waals surface area contributed by atoms with Gasteiger partial charge in [0.05, 0.1) is 23.7 Å². The van der Waals surface area contributed by atoms with Gasteiger partial charge in [-0.1, -0.05) is 6.07 Å². The first-order valence-electron chi connectivity index (χ1n) is 9.19. The molecular formula is C20H20N4O2S. The maximum absolute atomic E-state index is 12.7. The Morgan fingerprint density at radius 3 is 3.00 bits per heavy atom. The van der Waals surface area contributed by atoms with Crippen LogP contribution in [0, 0.1) is 17.2 Å². The standard InChI is InChI=1S/C20H20N4O2S/c21-10-16-15-6-1-2-7-17(15)27-20(16)23-19(26)13-9-18(25)24(11-13)12-14-5-3-4-8-22-14/h3-5,8,13H,1-2,6-7,9,11-12H2,(H,23,26). The monoisotopic (exact) mass is 380 g/mol. The molecule has 2 aromatic rings. The minimum atomic E-state index is -0.396. The summed E-state index contributed by atoms with van der Waals surface area (Å²) in [6.45, 7) is 0.800. The number of hydrogen-bond acceptors (Lipinski definition) is 5. The van der Waals surface area contributed by atoms with E-state index in [2.05, 4.69) is 16.4 Å². The fourth-order valence-corrected chi connectivity index (χ4v) is 5.02. The van der Waals surface area contributed by atoms with E-state index in [1.165, 1.54) is 16.2 Å². The molecule has 27 heavy (non-hydrogen) atoms. The highest BCUT2D eigenvalue weighted by molar-refractivity contribution is 7.16. The van der Waals surface area contributed by atoms with Gasteiger partial charge in [-0.2, -0.15) is 5.26 Å². The average Bonchev–Trinajstić information content (AvgIpc) is 3.22. The smallest absolute Gasteiger partial charge is 0.230 e. The van der Waals surface area contributed by atoms with E-state index >= 15 is 0 Å². The van der Waals surface area contributed by atoms with Crippen molar-refractivity contribution in [2.75, 3.05) is 11.9 Å². The number of carbonyl (C=O) groups is 2. The van der Waals surface area contributed by atoms with Gasteiger partial charge in [-0.25, -0.2) is 0 Å². The summed E-state index contributed by atoms with van der Waals surface area (Å²) in [5, 5.41) is 13.1. The van der Waals surface area contributed by atoms with Crippen LogP contribution in [0.15, 0.2) is 24.4 Å². The molecule has 1 aliphatic heterocycles. The Kier molecular flexibility index (Phi) is 4.90. The molecule has 1 atom stereocenters. The Hall–Kier alpha value is -2.72. The summed E-state index contributed by atoms with van der Waals surface area (Å²) in [6, 6.07) is 7.85. The number of fused-ring (bicyclic) bond motifs is 1. The molecule has 2 aromatic heterocycles. The maximum atomic E-state index is 12.7. The molecule has 138 valence electrons. The highest BCUT2D eigenvalue weighted by Gasteiger charge is 2.35. The van der Waals surface area contributed by atoms with Gasteiger partial charge in [0.1, 0.15) is 11.1 Å². The zero-order valence-corrected chi connectivity index (χ0v) is 15.7. The van der Waals surface area contributed by atoms with Crippen LogP contribution in [0.3, 0.4) is 0 Å². The Bertz CT molecular complexity index is 916. The van der Waals surface area contributed by atoms with Crippen LogP contribution in [0.4, 0.5) is 5.00 Å². The van der Waals surface area contributed by atoms with Crippen molar-refractivity contribution in [1.82, 2.24) is 9.88 Å². The second-order valence-corrected chi connectivity index (χ2v) is 8.12. The predicted molar refractivity (Wildman–Crippen MR) is 102 cm³/mol. The number of pyridine rings is 1. The molecule has 4 rings (SSSR count). The molecule has 0 radical (unpaired) electrons. The molecule has 1 unspecified atom stereocenters. The molecular weight excluding hydrogens is 360 g/mol. The number of aryl methyl sites for hydroxylation is 1. The maximum Gasteiger partial charge on any atom is 0.230 e. The number of carbonyl (C=O) groups excluding carboxylic acids is 2. The van der Waals surface area contributed by atoms with Crippen molar-refractivity contribution < 1.29 is 9.59 Å². The van der Waals surface area contributed by atoms with Crippen LogP contribution in [0.1, 0.15) is 41.0 Å². The summed E-state index contributed by atoms with van der Waals surface area (Å²) in [4.78, 5) is 32.2. The van der Waals surface area contributed by atoms with E-state index in [0.717, 1.165) is 36.9 Å². The number of anilines is 1. The lowest BCUT2D eigenvalue weighted by Gasteiger charge is -2.16. The molecule has 0 aromatic carbocycles. The van der Waals surface area contributed by atoms with Gasteiger partial charge in [0.25, 0.3) is 0 Å². The SMILES string of the molecule is N#Cc1c(NC(=O)C2CC(=O)N(Cc3ccccn3)C2)sc2c1CCCC2. The molecule has 1 N–H and O–H groups in total. The zero-order chi connectivity index (χ0) is 18.8. The Balaban J connectivity index is 1.44. The molecule has 0 bridgehead atoms. The number of aromatic nitrogens is 1. The third-order valence-corrected chi connectivity index (χ3v) is 6.39. The summed E-state index contributed by atoms with van der Waals surface area (Å²) in [5.41, 5.74) is 2.52. The molecule has 6 nitrogen and oxygen atoms in total. The lowest BCUT2D eigenvalue weighted by Crippen LogP contribution is -2.28. The van der Waals surface area contributed by atoms with Gasteiger partial charge >= 0.3 is 0 Å². The molecule has 1 saturated heterocycles. The van der Waals surface area contributed by atoms with Crippen LogP contribution in [-0.4, -0.2) is 28.2 Å². The molecule has 0 spiro atoms. The second-order valence-electron chi connectivity index (χ2n) is 7.01. The van der Waals surface area contributed by atoms with Crippen LogP contribution in [0.5, 0.6) is 0 Å². The van der Waals surface area contributed by atoms with E-state index in [9.17, 15) is 14.9 Å². The zero-order valence-electron chi connectivity index (χ0n) is 14.9. The molecule has 1 fully saturated rings. The van der Waals surface area contributed by atoms with Crippen LogP contribution in [0.25, 0.3) is 0 Å². The lowest BCUT2D eigenvalue weighted by molar-refractivity contribution is -0.128. The number of nitrogens with zero attached hydrogens (tertiary/aromatic N) is 3. The van der Waals surface area contributed by atoms with Crippen molar-refractivity contribution in [2.24, 2.45) is 5.92 Å². The van der Waals surface area contributed by atoms with E-state index in [4.69, 9.17) is 0 Å². The average molecular weight is 380 g/mol. The lowest BCUT2D eigenvalue weighted by atomic mass is 9.96. The number of likely N-dealkylation sites (tertiary alicyclic amines) is 1.